The molecule has 3 rings (SSSR count). The van der Waals surface area contributed by atoms with Crippen LogP contribution in [0.3, 0.4) is 0 Å². The summed E-state index contributed by atoms with van der Waals surface area (Å²) < 4.78 is 16.6. The van der Waals surface area contributed by atoms with Crippen LogP contribution in [0, 0.1) is 6.92 Å². The third kappa shape index (κ3) is 3.83. The fourth-order valence-corrected chi connectivity index (χ4v) is 3.57. The van der Waals surface area contributed by atoms with Crippen LogP contribution in [0.25, 0.3) is 0 Å². The van der Waals surface area contributed by atoms with Crippen LogP contribution in [-0.2, 0) is 11.3 Å². The number of nitrogens with zero attached hydrogens (tertiary/aromatic N) is 2. The van der Waals surface area contributed by atoms with E-state index in [2.05, 4.69) is 21.3 Å². The normalized spacial score (nSPS) is 18.8. The monoisotopic (exact) mass is 334 g/mol. The molecule has 5 nitrogen and oxygen atoms in total. The zero-order chi connectivity index (χ0) is 16.2. The van der Waals surface area contributed by atoms with Crippen molar-refractivity contribution in [2.75, 3.05) is 33.9 Å². The number of benzene rings is 1. The van der Waals surface area contributed by atoms with Crippen LogP contribution >= 0.6 is 11.3 Å². The summed E-state index contributed by atoms with van der Waals surface area (Å²) in [6.07, 6.45) is 0.0618. The number of aryl methyl sites for hydroxylation is 1. The fraction of sp³-hybridized carbons (Fsp3) is 0.471. The van der Waals surface area contributed by atoms with Crippen molar-refractivity contribution in [2.24, 2.45) is 0 Å². The van der Waals surface area contributed by atoms with Crippen LogP contribution < -0.4 is 9.47 Å². The molecular formula is C17H22N2O3S. The van der Waals surface area contributed by atoms with Crippen molar-refractivity contribution in [3.63, 3.8) is 0 Å². The van der Waals surface area contributed by atoms with E-state index in [0.29, 0.717) is 0 Å². The van der Waals surface area contributed by atoms with E-state index in [1.165, 1.54) is 0 Å². The minimum absolute atomic E-state index is 0.0618. The van der Waals surface area contributed by atoms with Crippen molar-refractivity contribution in [3.05, 3.63) is 39.8 Å². The van der Waals surface area contributed by atoms with Crippen molar-refractivity contribution in [2.45, 2.75) is 19.6 Å². The van der Waals surface area contributed by atoms with E-state index < -0.39 is 0 Å². The number of methoxy groups -OCH3 is 2. The summed E-state index contributed by atoms with van der Waals surface area (Å²) in [6, 6.07) is 5.97. The Morgan fingerprint density at radius 2 is 2.22 bits per heavy atom. The molecule has 1 unspecified atom stereocenters. The highest BCUT2D eigenvalue weighted by Crippen LogP contribution is 2.29. The van der Waals surface area contributed by atoms with Crippen molar-refractivity contribution >= 4 is 11.3 Å². The maximum Gasteiger partial charge on any atom is 0.127 e. The highest BCUT2D eigenvalue weighted by Gasteiger charge is 2.25. The van der Waals surface area contributed by atoms with E-state index in [1.807, 2.05) is 19.1 Å². The summed E-state index contributed by atoms with van der Waals surface area (Å²) in [4.78, 5) is 6.94. The second-order valence-corrected chi connectivity index (χ2v) is 6.49. The smallest absolute Gasteiger partial charge is 0.127 e. The zero-order valence-electron chi connectivity index (χ0n) is 13.7. The van der Waals surface area contributed by atoms with Gasteiger partial charge in [-0.15, -0.1) is 11.3 Å². The van der Waals surface area contributed by atoms with Crippen LogP contribution in [0.15, 0.2) is 23.6 Å². The van der Waals surface area contributed by atoms with E-state index in [4.69, 9.17) is 14.2 Å². The van der Waals surface area contributed by atoms with E-state index in [-0.39, 0.29) is 6.10 Å². The molecule has 0 saturated carbocycles. The van der Waals surface area contributed by atoms with Gasteiger partial charge in [-0.25, -0.2) is 4.98 Å². The molecular weight excluding hydrogens is 312 g/mol. The first-order valence-corrected chi connectivity index (χ1v) is 8.54. The Hall–Kier alpha value is -1.63. The average Bonchev–Trinajstić information content (AvgIpc) is 3.02. The highest BCUT2D eigenvalue weighted by molar-refractivity contribution is 7.09. The second-order valence-electron chi connectivity index (χ2n) is 5.60. The quantitative estimate of drug-likeness (QED) is 0.841. The predicted molar refractivity (Wildman–Crippen MR) is 90.4 cm³/mol. The highest BCUT2D eigenvalue weighted by atomic mass is 32.1. The Bertz CT molecular complexity index is 659. The molecule has 1 aliphatic rings. The summed E-state index contributed by atoms with van der Waals surface area (Å²) in [5, 5.41) is 3.14. The first-order valence-electron chi connectivity index (χ1n) is 7.66. The van der Waals surface area contributed by atoms with Crippen LogP contribution in [0.2, 0.25) is 0 Å². The van der Waals surface area contributed by atoms with Crippen molar-refractivity contribution in [1.29, 1.82) is 0 Å². The average molecular weight is 334 g/mol. The summed E-state index contributed by atoms with van der Waals surface area (Å²) in [5.41, 5.74) is 2.21. The molecule has 124 valence electrons. The van der Waals surface area contributed by atoms with Crippen LogP contribution in [0.5, 0.6) is 11.5 Å². The molecule has 0 N–H and O–H groups in total. The SMILES string of the molecule is COc1ccc(CN2CCOC(c3nc(C)cs3)C2)c(OC)c1. The predicted octanol–water partition coefficient (Wildman–Crippen LogP) is 3.04. The summed E-state index contributed by atoms with van der Waals surface area (Å²) in [7, 11) is 3.36. The van der Waals surface area contributed by atoms with Crippen molar-refractivity contribution in [1.82, 2.24) is 9.88 Å². The van der Waals surface area contributed by atoms with E-state index in [0.717, 1.165) is 54.0 Å². The lowest BCUT2D eigenvalue weighted by atomic mass is 10.1. The minimum Gasteiger partial charge on any atom is -0.497 e. The van der Waals surface area contributed by atoms with Gasteiger partial charge in [0.1, 0.15) is 22.6 Å². The Labute approximate surface area is 140 Å². The molecule has 2 aromatic rings. The number of aromatic nitrogens is 1. The molecule has 0 spiro atoms. The van der Waals surface area contributed by atoms with Gasteiger partial charge >= 0.3 is 0 Å². The van der Waals surface area contributed by atoms with Gasteiger partial charge in [0.2, 0.25) is 0 Å². The maximum absolute atomic E-state index is 5.89. The number of hydrogen-bond donors (Lipinski definition) is 0. The van der Waals surface area contributed by atoms with Gasteiger partial charge in [-0.3, -0.25) is 4.90 Å². The summed E-state index contributed by atoms with van der Waals surface area (Å²) >= 11 is 1.67. The lowest BCUT2D eigenvalue weighted by molar-refractivity contribution is -0.0332. The minimum atomic E-state index is 0.0618. The molecule has 1 aromatic heterocycles. The van der Waals surface area contributed by atoms with Gasteiger partial charge in [0.15, 0.2) is 0 Å². The van der Waals surface area contributed by atoms with E-state index in [9.17, 15) is 0 Å². The lowest BCUT2D eigenvalue weighted by Crippen LogP contribution is -2.37. The third-order valence-electron chi connectivity index (χ3n) is 3.95. The van der Waals surface area contributed by atoms with E-state index >= 15 is 0 Å². The Morgan fingerprint density at radius 3 is 2.91 bits per heavy atom. The molecule has 2 heterocycles. The van der Waals surface area contributed by atoms with Gasteiger partial charge in [0.25, 0.3) is 0 Å². The molecule has 0 bridgehead atoms. The van der Waals surface area contributed by atoms with Crippen LogP contribution in [0.1, 0.15) is 22.4 Å². The van der Waals surface area contributed by atoms with Gasteiger partial charge in [-0.1, -0.05) is 6.07 Å². The molecule has 1 aliphatic heterocycles. The number of rotatable bonds is 5. The first kappa shape index (κ1) is 16.2. The Balaban J connectivity index is 1.70. The standard InChI is InChI=1S/C17H22N2O3S/c1-12-11-23-17(18-12)16-10-19(6-7-22-16)9-13-4-5-14(20-2)8-15(13)21-3/h4-5,8,11,16H,6-7,9-10H2,1-3H3. The Morgan fingerprint density at radius 1 is 1.35 bits per heavy atom. The second kappa shape index (κ2) is 7.29. The molecule has 1 aromatic carbocycles. The molecule has 1 atom stereocenters. The van der Waals surface area contributed by atoms with Gasteiger partial charge < -0.3 is 14.2 Å². The lowest BCUT2D eigenvalue weighted by Gasteiger charge is -2.32. The van der Waals surface area contributed by atoms with E-state index in [1.54, 1.807) is 25.6 Å². The molecule has 0 radical (unpaired) electrons. The molecule has 1 saturated heterocycles. The number of morpholine rings is 1. The largest absolute Gasteiger partial charge is 0.497 e. The summed E-state index contributed by atoms with van der Waals surface area (Å²) in [5.74, 6) is 1.67. The number of ether oxygens (including phenoxy) is 3. The van der Waals surface area contributed by atoms with Gasteiger partial charge in [0.05, 0.1) is 20.8 Å². The van der Waals surface area contributed by atoms with Crippen molar-refractivity contribution < 1.29 is 14.2 Å². The maximum atomic E-state index is 5.89. The molecule has 0 amide bonds. The Kier molecular flexibility index (Phi) is 5.15. The van der Waals surface area contributed by atoms with Crippen LogP contribution in [0.4, 0.5) is 0 Å². The zero-order valence-corrected chi connectivity index (χ0v) is 14.6. The first-order chi connectivity index (χ1) is 11.2. The van der Waals surface area contributed by atoms with Crippen LogP contribution in [-0.4, -0.2) is 43.8 Å². The van der Waals surface area contributed by atoms with Gasteiger partial charge in [0, 0.05) is 42.3 Å². The molecule has 23 heavy (non-hydrogen) atoms. The summed E-state index contributed by atoms with van der Waals surface area (Å²) in [6.45, 7) is 5.33. The fourth-order valence-electron chi connectivity index (χ4n) is 2.74. The van der Waals surface area contributed by atoms with Gasteiger partial charge in [-0.05, 0) is 13.0 Å². The van der Waals surface area contributed by atoms with Crippen molar-refractivity contribution in [3.8, 4) is 11.5 Å². The van der Waals surface area contributed by atoms with Gasteiger partial charge in [-0.2, -0.15) is 0 Å². The molecule has 6 heteroatoms. The third-order valence-corrected chi connectivity index (χ3v) is 5.01. The number of hydrogen-bond acceptors (Lipinski definition) is 6. The molecule has 0 aliphatic carbocycles. The number of thiazole rings is 1. The topological polar surface area (TPSA) is 43.8 Å². The molecule has 1 fully saturated rings.